The molecular formula is C42H45N3O8. The minimum absolute atomic E-state index is 0.0628. The van der Waals surface area contributed by atoms with E-state index in [1.807, 2.05) is 97.1 Å². The van der Waals surface area contributed by atoms with Gasteiger partial charge in [0, 0.05) is 26.6 Å². The maximum atomic E-state index is 15.1. The largest absolute Gasteiger partial charge is 0.455 e. The first-order valence-electron chi connectivity index (χ1n) is 18.2. The Balaban J connectivity index is 1.33. The summed E-state index contributed by atoms with van der Waals surface area (Å²) in [6.07, 6.45) is 6.01. The van der Waals surface area contributed by atoms with E-state index in [1.54, 1.807) is 23.1 Å². The molecule has 276 valence electrons. The van der Waals surface area contributed by atoms with Gasteiger partial charge in [0.25, 0.3) is 0 Å². The number of hydrogen-bond acceptors (Lipinski definition) is 8. The van der Waals surface area contributed by atoms with Crippen LogP contribution in [0.4, 0.5) is 0 Å². The van der Waals surface area contributed by atoms with Crippen LogP contribution < -0.4 is 5.32 Å². The number of cyclic esters (lactones) is 1. The fraction of sp³-hybridized carbons (Fsp3) is 0.381. The summed E-state index contributed by atoms with van der Waals surface area (Å²) >= 11 is 0. The van der Waals surface area contributed by atoms with Gasteiger partial charge in [-0.3, -0.25) is 19.2 Å². The summed E-state index contributed by atoms with van der Waals surface area (Å²) in [4.78, 5) is 61.1. The minimum atomic E-state index is -1.55. The van der Waals surface area contributed by atoms with Crippen molar-refractivity contribution in [2.75, 3.05) is 26.9 Å². The van der Waals surface area contributed by atoms with E-state index in [4.69, 9.17) is 14.2 Å². The smallest absolute Gasteiger partial charge is 0.313 e. The van der Waals surface area contributed by atoms with Gasteiger partial charge < -0.3 is 34.4 Å². The van der Waals surface area contributed by atoms with Crippen molar-refractivity contribution < 1.29 is 38.5 Å². The fourth-order valence-electron chi connectivity index (χ4n) is 8.35. The number of esters is 1. The van der Waals surface area contributed by atoms with Crippen LogP contribution in [0.15, 0.2) is 115 Å². The second kappa shape index (κ2) is 15.9. The van der Waals surface area contributed by atoms with Gasteiger partial charge in [0.2, 0.25) is 17.7 Å². The van der Waals surface area contributed by atoms with Gasteiger partial charge in [-0.15, -0.1) is 0 Å². The molecule has 3 aromatic rings. The number of allylic oxidation sites excluding steroid dienone is 1. The van der Waals surface area contributed by atoms with Crippen LogP contribution >= 0.6 is 0 Å². The summed E-state index contributed by atoms with van der Waals surface area (Å²) in [6.45, 7) is 0.196. The standard InChI is InChI=1S/C42H45N3O8/c1-51-27-32-37(30-18-9-4-10-19-30)52-41(50)35-33(20-11-12-21-34(47)43-32)53-42-22-13-23-44(25-29-16-7-3-8-17-29)40(49)38(42)45(39(48)36(35)42)31(26-46)24-28-14-5-2-6-15-28/h2-11,13-20,22,31-33,35-38,46H,12,21,23-27H2,1H3,(H,43,47)/b20-11-/t31-,32+,33+,35-,36-,37+,38+,42-/m1/s1. The lowest BCUT2D eigenvalue weighted by atomic mass is 9.77. The topological polar surface area (TPSA) is 135 Å². The van der Waals surface area contributed by atoms with Crippen LogP contribution in [-0.4, -0.2) is 95.3 Å². The Morgan fingerprint density at radius 1 is 0.906 bits per heavy atom. The third-order valence-corrected chi connectivity index (χ3v) is 10.7. The molecule has 2 fully saturated rings. The molecule has 0 aliphatic carbocycles. The van der Waals surface area contributed by atoms with Gasteiger partial charge in [-0.25, -0.2) is 0 Å². The number of fused-ring (bicyclic) bond motifs is 2. The second-order valence-electron chi connectivity index (χ2n) is 14.1. The van der Waals surface area contributed by atoms with Crippen molar-refractivity contribution in [3.63, 3.8) is 0 Å². The van der Waals surface area contributed by atoms with Crippen LogP contribution in [0.25, 0.3) is 0 Å². The summed E-state index contributed by atoms with van der Waals surface area (Å²) in [5, 5.41) is 13.9. The van der Waals surface area contributed by atoms with Gasteiger partial charge in [0.05, 0.1) is 37.3 Å². The first kappa shape index (κ1) is 36.3. The van der Waals surface area contributed by atoms with Gasteiger partial charge in [0.1, 0.15) is 23.7 Å². The highest BCUT2D eigenvalue weighted by Gasteiger charge is 2.72. The van der Waals surface area contributed by atoms with E-state index in [9.17, 15) is 19.5 Å². The van der Waals surface area contributed by atoms with Gasteiger partial charge in [0.15, 0.2) is 0 Å². The Hall–Kier alpha value is -5.10. The number of benzene rings is 3. The lowest BCUT2D eigenvalue weighted by Crippen LogP contribution is -2.58. The van der Waals surface area contributed by atoms with Gasteiger partial charge >= 0.3 is 5.97 Å². The van der Waals surface area contributed by atoms with Gasteiger partial charge in [-0.2, -0.15) is 0 Å². The first-order chi connectivity index (χ1) is 25.8. The molecule has 0 radical (unpaired) electrons. The van der Waals surface area contributed by atoms with Crippen molar-refractivity contribution in [3.05, 3.63) is 132 Å². The molecule has 11 heteroatoms. The Morgan fingerprint density at radius 2 is 1.58 bits per heavy atom. The van der Waals surface area contributed by atoms with E-state index < -0.39 is 66.3 Å². The Morgan fingerprint density at radius 3 is 2.26 bits per heavy atom. The van der Waals surface area contributed by atoms with Crippen LogP contribution in [0.1, 0.15) is 35.6 Å². The number of nitrogens with zero attached hydrogens (tertiary/aromatic N) is 2. The van der Waals surface area contributed by atoms with Crippen molar-refractivity contribution >= 4 is 23.7 Å². The van der Waals surface area contributed by atoms with Gasteiger partial charge in [-0.05, 0) is 29.5 Å². The molecular weight excluding hydrogens is 674 g/mol. The van der Waals surface area contributed by atoms with Crippen molar-refractivity contribution in [1.29, 1.82) is 0 Å². The highest BCUT2D eigenvalue weighted by Crippen LogP contribution is 2.54. The molecule has 11 nitrogen and oxygen atoms in total. The molecule has 7 rings (SSSR count). The number of likely N-dealkylation sites (tertiary alicyclic amines) is 1. The average Bonchev–Trinajstić information content (AvgIpc) is 3.57. The predicted molar refractivity (Wildman–Crippen MR) is 195 cm³/mol. The number of methoxy groups -OCH3 is 1. The zero-order valence-electron chi connectivity index (χ0n) is 29.7. The summed E-state index contributed by atoms with van der Waals surface area (Å²) in [7, 11) is 1.51. The number of carbonyl (C=O) groups is 4. The Bertz CT molecular complexity index is 1840. The van der Waals surface area contributed by atoms with E-state index in [1.165, 1.54) is 12.0 Å². The zero-order chi connectivity index (χ0) is 37.0. The molecule has 4 aliphatic rings. The molecule has 2 N–H and O–H groups in total. The molecule has 1 spiro atoms. The predicted octanol–water partition coefficient (Wildman–Crippen LogP) is 3.54. The molecule has 8 atom stereocenters. The first-order valence-corrected chi connectivity index (χ1v) is 18.2. The fourth-order valence-corrected chi connectivity index (χ4v) is 8.35. The lowest BCUT2D eigenvalue weighted by molar-refractivity contribution is -0.163. The third-order valence-electron chi connectivity index (χ3n) is 10.7. The van der Waals surface area contributed by atoms with E-state index in [0.29, 0.717) is 18.5 Å². The summed E-state index contributed by atoms with van der Waals surface area (Å²) in [5.41, 5.74) is 0.890. The van der Waals surface area contributed by atoms with E-state index in [2.05, 4.69) is 5.32 Å². The number of carbonyl (C=O) groups excluding carboxylic acids is 4. The Labute approximate surface area is 309 Å². The molecule has 4 aliphatic heterocycles. The van der Waals surface area contributed by atoms with Crippen LogP contribution in [0, 0.1) is 11.8 Å². The van der Waals surface area contributed by atoms with E-state index in [-0.39, 0.29) is 37.8 Å². The quantitative estimate of drug-likeness (QED) is 0.254. The average molecular weight is 720 g/mol. The van der Waals surface area contributed by atoms with Crippen molar-refractivity contribution in [2.45, 2.75) is 61.7 Å². The summed E-state index contributed by atoms with van der Waals surface area (Å²) < 4.78 is 18.7. The number of ether oxygens (including phenoxy) is 3. The zero-order valence-corrected chi connectivity index (χ0v) is 29.7. The normalized spacial score (nSPS) is 29.8. The SMILES string of the molecule is COC[C@@H]1NC(=O)CC/C=C\[C@@H]2O[C@@]34C=CCN(Cc5ccccc5)C(=O)[C@@H]3N([C@@H](CO)Cc3ccccc3)C(=O)[C@H]4[C@@H]2C(=O)O[C@H]1c1ccccc1. The molecule has 3 aromatic carbocycles. The van der Waals surface area contributed by atoms with Crippen LogP contribution in [0.3, 0.4) is 0 Å². The van der Waals surface area contributed by atoms with E-state index >= 15 is 4.79 Å². The van der Waals surface area contributed by atoms with Gasteiger partial charge in [-0.1, -0.05) is 115 Å². The highest BCUT2D eigenvalue weighted by atomic mass is 16.6. The molecule has 3 amide bonds. The lowest BCUT2D eigenvalue weighted by Gasteiger charge is -2.38. The molecule has 4 heterocycles. The maximum absolute atomic E-state index is 15.1. The third kappa shape index (κ3) is 7.16. The monoisotopic (exact) mass is 719 g/mol. The van der Waals surface area contributed by atoms with E-state index in [0.717, 1.165) is 11.1 Å². The number of rotatable bonds is 9. The van der Waals surface area contributed by atoms with Crippen LogP contribution in [0.2, 0.25) is 0 Å². The van der Waals surface area contributed by atoms with Crippen molar-refractivity contribution in [2.24, 2.45) is 11.8 Å². The maximum Gasteiger partial charge on any atom is 0.313 e. The number of nitrogens with one attached hydrogen (secondary N) is 1. The molecule has 2 saturated heterocycles. The van der Waals surface area contributed by atoms with Crippen molar-refractivity contribution in [3.8, 4) is 0 Å². The molecule has 0 bridgehead atoms. The molecule has 53 heavy (non-hydrogen) atoms. The van der Waals surface area contributed by atoms with Crippen LogP contribution in [-0.2, 0) is 46.4 Å². The molecule has 0 unspecified atom stereocenters. The molecule has 0 saturated carbocycles. The number of aliphatic hydroxyl groups excluding tert-OH is 1. The summed E-state index contributed by atoms with van der Waals surface area (Å²) in [5.74, 6) is -4.03. The highest BCUT2D eigenvalue weighted by molar-refractivity contribution is 5.99. The number of hydrogen-bond donors (Lipinski definition) is 2. The van der Waals surface area contributed by atoms with Crippen molar-refractivity contribution in [1.82, 2.24) is 15.1 Å². The number of amides is 3. The second-order valence-corrected chi connectivity index (χ2v) is 14.1. The molecule has 0 aromatic heterocycles. The van der Waals surface area contributed by atoms with Crippen LogP contribution in [0.5, 0.6) is 0 Å². The Kier molecular flexibility index (Phi) is 10.9. The summed E-state index contributed by atoms with van der Waals surface area (Å²) in [6, 6.07) is 25.5. The minimum Gasteiger partial charge on any atom is -0.455 e. The number of aliphatic hydroxyl groups is 1.